The number of oxazole rings is 1. The van der Waals surface area contributed by atoms with Gasteiger partial charge in [0.15, 0.2) is 5.58 Å². The number of carbonyl (C=O) groups excluding carboxylic acids is 2. The van der Waals surface area contributed by atoms with Crippen molar-refractivity contribution < 1.29 is 18.7 Å². The summed E-state index contributed by atoms with van der Waals surface area (Å²) in [5.41, 5.74) is 7.67. The van der Waals surface area contributed by atoms with Gasteiger partial charge in [0.1, 0.15) is 5.52 Å². The van der Waals surface area contributed by atoms with Crippen LogP contribution in [-0.2, 0) is 10.5 Å². The number of primary amides is 1. The molecule has 9 heteroatoms. The average Bonchev–Trinajstić information content (AvgIpc) is 3.09. The quantitative estimate of drug-likeness (QED) is 0.422. The molecule has 28 heavy (non-hydrogen) atoms. The molecule has 2 amide bonds. The van der Waals surface area contributed by atoms with E-state index in [1.807, 2.05) is 24.3 Å². The molecule has 0 radical (unpaired) electrons. The minimum Gasteiger partial charge on any atom is -0.450 e. The Labute approximate surface area is 170 Å². The molecular formula is C19H18ClN3O4S. The van der Waals surface area contributed by atoms with Gasteiger partial charge in [0.05, 0.1) is 6.61 Å². The van der Waals surface area contributed by atoms with Crippen molar-refractivity contribution in [1.82, 2.24) is 10.3 Å². The maximum Gasteiger partial charge on any atom is 0.404 e. The Morgan fingerprint density at radius 2 is 2.00 bits per heavy atom. The Kier molecular flexibility index (Phi) is 6.78. The van der Waals surface area contributed by atoms with Gasteiger partial charge in [0, 0.05) is 22.9 Å². The second kappa shape index (κ2) is 9.48. The van der Waals surface area contributed by atoms with E-state index < -0.39 is 6.09 Å². The highest BCUT2D eigenvalue weighted by Crippen LogP contribution is 2.27. The number of rotatable bonds is 8. The molecule has 0 aliphatic rings. The molecule has 2 aromatic carbocycles. The van der Waals surface area contributed by atoms with Gasteiger partial charge in [0.25, 0.3) is 11.1 Å². The zero-order valence-electron chi connectivity index (χ0n) is 14.8. The second-order valence-corrected chi connectivity index (χ2v) is 7.22. The summed E-state index contributed by atoms with van der Waals surface area (Å²) in [6.45, 7) is 0.522. The van der Waals surface area contributed by atoms with Gasteiger partial charge in [-0.05, 0) is 42.3 Å². The fourth-order valence-corrected chi connectivity index (χ4v) is 3.30. The Morgan fingerprint density at radius 1 is 1.21 bits per heavy atom. The standard InChI is InChI=1S/C19H18ClN3O4S/c20-14-5-2-12(3-6-14)11-28-19-23-15-7-4-13(10-16(15)27-19)17(24)22-8-1-9-26-18(21)25/h2-7,10H,1,8-9,11H2,(H2,21,25)(H,22,24). The van der Waals surface area contributed by atoms with Crippen molar-refractivity contribution in [2.45, 2.75) is 17.4 Å². The van der Waals surface area contributed by atoms with Crippen LogP contribution in [0.4, 0.5) is 4.79 Å². The lowest BCUT2D eigenvalue weighted by Gasteiger charge is -2.05. The van der Waals surface area contributed by atoms with Crippen molar-refractivity contribution in [1.29, 1.82) is 0 Å². The number of hydrogen-bond donors (Lipinski definition) is 2. The lowest BCUT2D eigenvalue weighted by atomic mass is 10.2. The van der Waals surface area contributed by atoms with Crippen molar-refractivity contribution in [3.8, 4) is 0 Å². The Morgan fingerprint density at radius 3 is 2.75 bits per heavy atom. The summed E-state index contributed by atoms with van der Waals surface area (Å²) in [7, 11) is 0. The Hall–Kier alpha value is -2.71. The van der Waals surface area contributed by atoms with E-state index in [-0.39, 0.29) is 12.5 Å². The van der Waals surface area contributed by atoms with Crippen molar-refractivity contribution in [2.24, 2.45) is 5.73 Å². The third-order valence-corrected chi connectivity index (χ3v) is 4.91. The van der Waals surface area contributed by atoms with Crippen LogP contribution in [0.1, 0.15) is 22.3 Å². The number of aromatic nitrogens is 1. The van der Waals surface area contributed by atoms with E-state index in [4.69, 9.17) is 21.8 Å². The highest BCUT2D eigenvalue weighted by Gasteiger charge is 2.11. The maximum atomic E-state index is 12.2. The topological polar surface area (TPSA) is 107 Å². The van der Waals surface area contributed by atoms with E-state index in [2.05, 4.69) is 15.0 Å². The third-order valence-electron chi connectivity index (χ3n) is 3.76. The van der Waals surface area contributed by atoms with Crippen LogP contribution in [0.3, 0.4) is 0 Å². The zero-order valence-corrected chi connectivity index (χ0v) is 16.4. The molecule has 0 saturated heterocycles. The number of amides is 2. The molecule has 3 aromatic rings. The number of halogens is 1. The number of benzene rings is 2. The van der Waals surface area contributed by atoms with E-state index in [1.165, 1.54) is 11.8 Å². The van der Waals surface area contributed by atoms with Crippen LogP contribution in [-0.4, -0.2) is 30.1 Å². The lowest BCUT2D eigenvalue weighted by molar-refractivity contribution is 0.0950. The minimum absolute atomic E-state index is 0.158. The van der Waals surface area contributed by atoms with Gasteiger partial charge in [0.2, 0.25) is 0 Å². The van der Waals surface area contributed by atoms with Crippen LogP contribution in [0.15, 0.2) is 52.1 Å². The largest absolute Gasteiger partial charge is 0.450 e. The summed E-state index contributed by atoms with van der Waals surface area (Å²) in [5, 5.41) is 3.98. The van der Waals surface area contributed by atoms with Gasteiger partial charge in [-0.1, -0.05) is 35.5 Å². The molecular weight excluding hydrogens is 402 g/mol. The van der Waals surface area contributed by atoms with Crippen LogP contribution in [0.5, 0.6) is 0 Å². The number of hydrogen-bond acceptors (Lipinski definition) is 6. The Bertz CT molecular complexity index is 975. The molecule has 1 heterocycles. The molecule has 146 valence electrons. The molecule has 0 bridgehead atoms. The monoisotopic (exact) mass is 419 g/mol. The molecule has 0 unspecified atom stereocenters. The first-order valence-corrected chi connectivity index (χ1v) is 9.86. The summed E-state index contributed by atoms with van der Waals surface area (Å²) in [5.74, 6) is 0.456. The summed E-state index contributed by atoms with van der Waals surface area (Å²) in [6, 6.07) is 12.7. The fourth-order valence-electron chi connectivity index (χ4n) is 2.38. The zero-order chi connectivity index (χ0) is 19.9. The normalized spacial score (nSPS) is 10.8. The number of ether oxygens (including phenoxy) is 1. The SMILES string of the molecule is NC(=O)OCCCNC(=O)c1ccc2nc(SCc3ccc(Cl)cc3)oc2c1. The van der Waals surface area contributed by atoms with Crippen LogP contribution < -0.4 is 11.1 Å². The number of nitrogens with one attached hydrogen (secondary N) is 1. The molecule has 0 atom stereocenters. The molecule has 0 aliphatic carbocycles. The summed E-state index contributed by atoms with van der Waals surface area (Å²) in [4.78, 5) is 27.1. The predicted molar refractivity (Wildman–Crippen MR) is 108 cm³/mol. The maximum absolute atomic E-state index is 12.2. The van der Waals surface area contributed by atoms with Gasteiger partial charge >= 0.3 is 6.09 Å². The van der Waals surface area contributed by atoms with Gasteiger partial charge in [-0.25, -0.2) is 9.78 Å². The smallest absolute Gasteiger partial charge is 0.404 e. The number of nitrogens with zero attached hydrogens (tertiary/aromatic N) is 1. The van der Waals surface area contributed by atoms with Crippen molar-refractivity contribution in [3.05, 3.63) is 58.6 Å². The van der Waals surface area contributed by atoms with Crippen molar-refractivity contribution in [3.63, 3.8) is 0 Å². The fraction of sp³-hybridized carbons (Fsp3) is 0.211. The lowest BCUT2D eigenvalue weighted by Crippen LogP contribution is -2.26. The third kappa shape index (κ3) is 5.64. The van der Waals surface area contributed by atoms with Crippen LogP contribution in [0.25, 0.3) is 11.1 Å². The molecule has 0 saturated carbocycles. The highest BCUT2D eigenvalue weighted by molar-refractivity contribution is 7.98. The van der Waals surface area contributed by atoms with Crippen molar-refractivity contribution >= 4 is 46.5 Å². The van der Waals surface area contributed by atoms with Gasteiger partial charge < -0.3 is 20.2 Å². The molecule has 0 spiro atoms. The van der Waals surface area contributed by atoms with Gasteiger partial charge in [-0.3, -0.25) is 4.79 Å². The number of nitrogens with two attached hydrogens (primary N) is 1. The Balaban J connectivity index is 1.56. The summed E-state index contributed by atoms with van der Waals surface area (Å²) in [6.07, 6.45) is -0.350. The molecule has 7 nitrogen and oxygen atoms in total. The minimum atomic E-state index is -0.827. The van der Waals surface area contributed by atoms with E-state index in [0.717, 1.165) is 5.56 Å². The highest BCUT2D eigenvalue weighted by atomic mass is 35.5. The first kappa shape index (κ1) is 20.0. The predicted octanol–water partition coefficient (Wildman–Crippen LogP) is 3.99. The molecule has 3 N–H and O–H groups in total. The summed E-state index contributed by atoms with van der Waals surface area (Å²) >= 11 is 7.36. The summed E-state index contributed by atoms with van der Waals surface area (Å²) < 4.78 is 10.4. The average molecular weight is 420 g/mol. The first-order chi connectivity index (χ1) is 13.5. The van der Waals surface area contributed by atoms with Gasteiger partial charge in [-0.15, -0.1) is 0 Å². The van der Waals surface area contributed by atoms with E-state index in [9.17, 15) is 9.59 Å². The first-order valence-electron chi connectivity index (χ1n) is 8.49. The number of fused-ring (bicyclic) bond motifs is 1. The van der Waals surface area contributed by atoms with E-state index in [1.54, 1.807) is 18.2 Å². The van der Waals surface area contributed by atoms with Crippen LogP contribution in [0.2, 0.25) is 5.02 Å². The van der Waals surface area contributed by atoms with Gasteiger partial charge in [-0.2, -0.15) is 0 Å². The second-order valence-electron chi connectivity index (χ2n) is 5.85. The molecule has 0 fully saturated rings. The molecule has 3 rings (SSSR count). The molecule has 1 aromatic heterocycles. The van der Waals surface area contributed by atoms with Crippen LogP contribution in [0, 0.1) is 0 Å². The van der Waals surface area contributed by atoms with Crippen molar-refractivity contribution in [2.75, 3.05) is 13.2 Å². The van der Waals surface area contributed by atoms with E-state index >= 15 is 0 Å². The number of thioether (sulfide) groups is 1. The van der Waals surface area contributed by atoms with E-state index in [0.29, 0.717) is 45.6 Å². The van der Waals surface area contributed by atoms with Crippen LogP contribution >= 0.6 is 23.4 Å². The molecule has 0 aliphatic heterocycles. The number of carbonyl (C=O) groups is 2.